The van der Waals surface area contributed by atoms with Crippen LogP contribution < -0.4 is 15.2 Å². The molecule has 0 saturated heterocycles. The molecule has 0 aliphatic rings. The van der Waals surface area contributed by atoms with Gasteiger partial charge in [-0.25, -0.2) is 9.78 Å². The molecule has 3 N–H and O–H groups in total. The Hall–Kier alpha value is -1.82. The predicted molar refractivity (Wildman–Crippen MR) is 56.2 cm³/mol. The van der Waals surface area contributed by atoms with Crippen molar-refractivity contribution in [2.75, 3.05) is 6.61 Å². The van der Waals surface area contributed by atoms with Gasteiger partial charge >= 0.3 is 6.09 Å². The molecule has 0 radical (unpaired) electrons. The minimum atomic E-state index is -0.956. The molecule has 6 nitrogen and oxygen atoms in total. The van der Waals surface area contributed by atoms with E-state index < -0.39 is 11.7 Å². The van der Waals surface area contributed by atoms with E-state index in [1.165, 1.54) is 18.3 Å². The van der Waals surface area contributed by atoms with Gasteiger partial charge in [0.2, 0.25) is 5.88 Å². The van der Waals surface area contributed by atoms with Crippen molar-refractivity contribution in [3.05, 3.63) is 18.3 Å². The van der Waals surface area contributed by atoms with Crippen LogP contribution >= 0.6 is 0 Å². The molecule has 1 aromatic heterocycles. The molecule has 0 aliphatic heterocycles. The lowest BCUT2D eigenvalue weighted by Gasteiger charge is -2.17. The van der Waals surface area contributed by atoms with Crippen LogP contribution in [0.1, 0.15) is 13.8 Å². The van der Waals surface area contributed by atoms with E-state index in [9.17, 15) is 9.90 Å². The first-order chi connectivity index (χ1) is 7.37. The summed E-state index contributed by atoms with van der Waals surface area (Å²) in [6.07, 6.45) is 0.512. The number of aromatic nitrogens is 1. The number of rotatable bonds is 4. The molecule has 0 fully saturated rings. The molecule has 0 aliphatic carbocycles. The summed E-state index contributed by atoms with van der Waals surface area (Å²) in [5, 5.41) is 9.44. The maximum Gasteiger partial charge on any atom is 0.409 e. The largest absolute Gasteiger partial charge is 0.475 e. The van der Waals surface area contributed by atoms with Crippen molar-refractivity contribution in [3.8, 4) is 11.6 Å². The molecule has 1 aromatic rings. The molecule has 0 aromatic carbocycles. The molecule has 1 heterocycles. The SMILES string of the molecule is CC(C)(O)COc1cc(OC(N)=O)ccn1. The van der Waals surface area contributed by atoms with E-state index in [0.717, 1.165) is 0 Å². The van der Waals surface area contributed by atoms with E-state index in [0.29, 0.717) is 0 Å². The van der Waals surface area contributed by atoms with Gasteiger partial charge in [-0.15, -0.1) is 0 Å². The standard InChI is InChI=1S/C10H14N2O4/c1-10(2,14)6-15-8-5-7(3-4-12-8)16-9(11)13/h3-5,14H,6H2,1-2H3,(H2,11,13). The lowest BCUT2D eigenvalue weighted by Crippen LogP contribution is -2.28. The van der Waals surface area contributed by atoms with Crippen molar-refractivity contribution in [1.82, 2.24) is 4.98 Å². The zero-order valence-electron chi connectivity index (χ0n) is 9.14. The number of hydrogen-bond acceptors (Lipinski definition) is 5. The van der Waals surface area contributed by atoms with Gasteiger partial charge in [0, 0.05) is 12.3 Å². The van der Waals surface area contributed by atoms with E-state index >= 15 is 0 Å². The summed E-state index contributed by atoms with van der Waals surface area (Å²) in [4.78, 5) is 14.4. The van der Waals surface area contributed by atoms with Crippen LogP contribution in [0.5, 0.6) is 11.6 Å². The Kier molecular flexibility index (Phi) is 3.68. The fraction of sp³-hybridized carbons (Fsp3) is 0.400. The average Bonchev–Trinajstić information content (AvgIpc) is 2.13. The van der Waals surface area contributed by atoms with Crippen LogP contribution in [0.4, 0.5) is 4.79 Å². The summed E-state index contributed by atoms with van der Waals surface area (Å²) in [7, 11) is 0. The smallest absolute Gasteiger partial charge is 0.409 e. The number of pyridine rings is 1. The van der Waals surface area contributed by atoms with Crippen LogP contribution in [0, 0.1) is 0 Å². The molecule has 6 heteroatoms. The van der Waals surface area contributed by atoms with Crippen molar-refractivity contribution in [3.63, 3.8) is 0 Å². The number of carbonyl (C=O) groups excluding carboxylic acids is 1. The van der Waals surface area contributed by atoms with Gasteiger partial charge in [0.15, 0.2) is 0 Å². The van der Waals surface area contributed by atoms with Crippen LogP contribution in [0.2, 0.25) is 0 Å². The predicted octanol–water partition coefficient (Wildman–Crippen LogP) is 0.689. The first kappa shape index (κ1) is 12.3. The highest BCUT2D eigenvalue weighted by atomic mass is 16.5. The Labute approximate surface area is 93.0 Å². The lowest BCUT2D eigenvalue weighted by molar-refractivity contribution is 0.0267. The molecule has 1 amide bonds. The third-order valence-electron chi connectivity index (χ3n) is 1.50. The number of hydrogen-bond donors (Lipinski definition) is 2. The van der Waals surface area contributed by atoms with Crippen molar-refractivity contribution in [2.24, 2.45) is 5.73 Å². The van der Waals surface area contributed by atoms with Gasteiger partial charge in [-0.05, 0) is 19.9 Å². The van der Waals surface area contributed by atoms with E-state index in [4.69, 9.17) is 10.5 Å². The summed E-state index contributed by atoms with van der Waals surface area (Å²) in [5.41, 5.74) is 3.90. The molecular weight excluding hydrogens is 212 g/mol. The zero-order valence-corrected chi connectivity index (χ0v) is 9.14. The van der Waals surface area contributed by atoms with Gasteiger partial charge in [-0.3, -0.25) is 0 Å². The maximum atomic E-state index is 10.5. The first-order valence-electron chi connectivity index (χ1n) is 4.65. The fourth-order valence-corrected chi connectivity index (χ4v) is 0.900. The van der Waals surface area contributed by atoms with Gasteiger partial charge in [-0.1, -0.05) is 0 Å². The molecule has 1 rings (SSSR count). The van der Waals surface area contributed by atoms with Crippen molar-refractivity contribution in [2.45, 2.75) is 19.4 Å². The molecule has 88 valence electrons. The highest BCUT2D eigenvalue weighted by Crippen LogP contribution is 2.17. The first-order valence-corrected chi connectivity index (χ1v) is 4.65. The van der Waals surface area contributed by atoms with Gasteiger partial charge < -0.3 is 20.3 Å². The van der Waals surface area contributed by atoms with E-state index in [2.05, 4.69) is 9.72 Å². The van der Waals surface area contributed by atoms with Crippen molar-refractivity contribution < 1.29 is 19.4 Å². The highest BCUT2D eigenvalue weighted by molar-refractivity contribution is 5.68. The number of nitrogens with zero attached hydrogens (tertiary/aromatic N) is 1. The van der Waals surface area contributed by atoms with Crippen molar-refractivity contribution >= 4 is 6.09 Å². The number of ether oxygens (including phenoxy) is 2. The molecule has 0 unspecified atom stereocenters. The number of aliphatic hydroxyl groups is 1. The van der Waals surface area contributed by atoms with Gasteiger partial charge in [0.1, 0.15) is 12.4 Å². The minimum Gasteiger partial charge on any atom is -0.475 e. The van der Waals surface area contributed by atoms with Gasteiger partial charge in [0.25, 0.3) is 0 Å². The maximum absolute atomic E-state index is 10.5. The van der Waals surface area contributed by atoms with E-state index in [1.807, 2.05) is 0 Å². The zero-order chi connectivity index (χ0) is 12.2. The molecule has 0 bridgehead atoms. The third kappa shape index (κ3) is 4.61. The van der Waals surface area contributed by atoms with E-state index in [-0.39, 0.29) is 18.2 Å². The molecule has 0 atom stereocenters. The van der Waals surface area contributed by atoms with Crippen LogP contribution in [-0.4, -0.2) is 28.4 Å². The fourth-order valence-electron chi connectivity index (χ4n) is 0.900. The number of nitrogens with two attached hydrogens (primary N) is 1. The Balaban J connectivity index is 2.64. The highest BCUT2D eigenvalue weighted by Gasteiger charge is 2.14. The summed E-state index contributed by atoms with van der Waals surface area (Å²) in [6, 6.07) is 2.89. The monoisotopic (exact) mass is 226 g/mol. The van der Waals surface area contributed by atoms with Crippen LogP contribution in [0.3, 0.4) is 0 Å². The Morgan fingerprint density at radius 1 is 1.62 bits per heavy atom. The topological polar surface area (TPSA) is 94.7 Å². The van der Waals surface area contributed by atoms with Gasteiger partial charge in [0.05, 0.1) is 5.60 Å². The summed E-state index contributed by atoms with van der Waals surface area (Å²) >= 11 is 0. The summed E-state index contributed by atoms with van der Waals surface area (Å²) in [6.45, 7) is 3.30. The second-order valence-electron chi connectivity index (χ2n) is 3.85. The number of primary amides is 1. The minimum absolute atomic E-state index is 0.0834. The number of amides is 1. The van der Waals surface area contributed by atoms with E-state index in [1.54, 1.807) is 13.8 Å². The Morgan fingerprint density at radius 3 is 2.88 bits per heavy atom. The Morgan fingerprint density at radius 2 is 2.31 bits per heavy atom. The second kappa shape index (κ2) is 4.80. The van der Waals surface area contributed by atoms with Crippen LogP contribution in [-0.2, 0) is 0 Å². The molecule has 16 heavy (non-hydrogen) atoms. The quantitative estimate of drug-likeness (QED) is 0.787. The average molecular weight is 226 g/mol. The molecule has 0 saturated carbocycles. The van der Waals surface area contributed by atoms with Crippen molar-refractivity contribution in [1.29, 1.82) is 0 Å². The normalized spacial score (nSPS) is 10.9. The lowest BCUT2D eigenvalue weighted by atomic mass is 10.2. The van der Waals surface area contributed by atoms with Crippen LogP contribution in [0.15, 0.2) is 18.3 Å². The molecule has 0 spiro atoms. The molecular formula is C10H14N2O4. The van der Waals surface area contributed by atoms with Gasteiger partial charge in [-0.2, -0.15) is 0 Å². The summed E-state index contributed by atoms with van der Waals surface area (Å²) < 4.78 is 9.84. The third-order valence-corrected chi connectivity index (χ3v) is 1.50. The van der Waals surface area contributed by atoms with Crippen LogP contribution in [0.25, 0.3) is 0 Å². The number of carbonyl (C=O) groups is 1. The summed E-state index contributed by atoms with van der Waals surface area (Å²) in [5.74, 6) is 0.495. The second-order valence-corrected chi connectivity index (χ2v) is 3.85. The Bertz CT molecular complexity index is 373.